The molecular formula is C16H21BN2O2. The molecule has 0 bridgehead atoms. The Bertz CT molecular complexity index is 1020. The number of aromatic nitrogens is 2. The first-order valence-electron chi connectivity index (χ1n) is 11.0. The van der Waals surface area contributed by atoms with Gasteiger partial charge in [-0.2, -0.15) is 0 Å². The van der Waals surface area contributed by atoms with Gasteiger partial charge in [0.2, 0.25) is 0 Å². The standard InChI is InChI=1S/C16H21BN2O2/c1-12-8-6-7-9-13(12)19-10-14(18-11-19)17-20-15(2,3)16(4,5)21-17/h6-11H,1-5H3/i1D3,6D,7D,8D,9D,10D,11D. The average Bonchev–Trinajstić information content (AvgIpc) is 2.99. The molecule has 0 unspecified atom stereocenters. The van der Waals surface area contributed by atoms with E-state index in [4.69, 9.17) is 21.6 Å². The van der Waals surface area contributed by atoms with Gasteiger partial charge in [0.25, 0.3) is 0 Å². The highest BCUT2D eigenvalue weighted by molar-refractivity contribution is 6.61. The molecule has 2 heterocycles. The molecule has 0 N–H and O–H groups in total. The zero-order valence-corrected chi connectivity index (χ0v) is 12.3. The van der Waals surface area contributed by atoms with E-state index in [1.165, 1.54) is 0 Å². The molecule has 1 saturated heterocycles. The maximum Gasteiger partial charge on any atom is 0.516 e. The molecule has 1 aromatic carbocycles. The van der Waals surface area contributed by atoms with Crippen molar-refractivity contribution in [2.45, 2.75) is 45.7 Å². The van der Waals surface area contributed by atoms with Gasteiger partial charge < -0.3 is 13.9 Å². The van der Waals surface area contributed by atoms with Crippen LogP contribution >= 0.6 is 0 Å². The van der Waals surface area contributed by atoms with Gasteiger partial charge in [-0.05, 0) is 46.2 Å². The summed E-state index contributed by atoms with van der Waals surface area (Å²) in [7, 11) is -1.10. The lowest BCUT2D eigenvalue weighted by molar-refractivity contribution is 0.00578. The van der Waals surface area contributed by atoms with E-state index in [1.807, 2.05) is 0 Å². The summed E-state index contributed by atoms with van der Waals surface area (Å²) < 4.78 is 84.5. The molecule has 0 atom stereocenters. The first-order chi connectivity index (χ1) is 13.5. The number of benzene rings is 1. The van der Waals surface area contributed by atoms with Gasteiger partial charge >= 0.3 is 7.12 Å². The van der Waals surface area contributed by atoms with Gasteiger partial charge in [-0.3, -0.25) is 0 Å². The van der Waals surface area contributed by atoms with Crippen LogP contribution in [0.4, 0.5) is 0 Å². The van der Waals surface area contributed by atoms with Crippen LogP contribution < -0.4 is 5.59 Å². The largest absolute Gasteiger partial charge is 0.516 e. The summed E-state index contributed by atoms with van der Waals surface area (Å²) in [5.41, 5.74) is -2.76. The highest BCUT2D eigenvalue weighted by Gasteiger charge is 2.52. The predicted molar refractivity (Wildman–Crippen MR) is 84.0 cm³/mol. The predicted octanol–water partition coefficient (Wildman–Crippen LogP) is 2.48. The van der Waals surface area contributed by atoms with Crippen LogP contribution in [0.5, 0.6) is 0 Å². The second-order valence-electron chi connectivity index (χ2n) is 5.86. The summed E-state index contributed by atoms with van der Waals surface area (Å²) in [6.45, 7) is 4.29. The summed E-state index contributed by atoms with van der Waals surface area (Å²) in [5, 5.41) is 0. The van der Waals surface area contributed by atoms with Crippen LogP contribution in [0.3, 0.4) is 0 Å². The van der Waals surface area contributed by atoms with Crippen molar-refractivity contribution >= 4 is 12.7 Å². The summed E-state index contributed by atoms with van der Waals surface area (Å²) in [6.07, 6.45) is -1.02. The van der Waals surface area contributed by atoms with Crippen molar-refractivity contribution in [3.8, 4) is 5.69 Å². The first kappa shape index (κ1) is 7.12. The number of hydrogen-bond donors (Lipinski definition) is 0. The molecule has 21 heavy (non-hydrogen) atoms. The smallest absolute Gasteiger partial charge is 0.398 e. The Balaban J connectivity index is 2.28. The van der Waals surface area contributed by atoms with Gasteiger partial charge in [0, 0.05) is 16.0 Å². The van der Waals surface area contributed by atoms with Crippen molar-refractivity contribution in [2.75, 3.05) is 0 Å². The van der Waals surface area contributed by atoms with E-state index in [9.17, 15) is 0 Å². The molecule has 2 aromatic rings. The maximum atomic E-state index is 8.51. The third kappa shape index (κ3) is 2.41. The minimum atomic E-state index is -2.92. The highest BCUT2D eigenvalue weighted by atomic mass is 16.7. The van der Waals surface area contributed by atoms with E-state index in [-0.39, 0.29) is 5.59 Å². The third-order valence-corrected chi connectivity index (χ3v) is 3.86. The van der Waals surface area contributed by atoms with Crippen molar-refractivity contribution in [3.63, 3.8) is 0 Å². The van der Waals surface area contributed by atoms with Crippen molar-refractivity contribution in [2.24, 2.45) is 0 Å². The highest BCUT2D eigenvalue weighted by Crippen LogP contribution is 2.36. The quantitative estimate of drug-likeness (QED) is 0.798. The molecule has 0 spiro atoms. The van der Waals surface area contributed by atoms with Crippen molar-refractivity contribution < 1.29 is 21.6 Å². The van der Waals surface area contributed by atoms with Crippen molar-refractivity contribution in [1.82, 2.24) is 9.55 Å². The SMILES string of the molecule is [2H]c1c([2H])c([2H])c(C([2H])([2H])[2H])c(-n2c([2H])nc(B3OC(C)(C)C(C)(C)O3)c2[2H])c1[2H]. The Labute approximate surface area is 138 Å². The lowest BCUT2D eigenvalue weighted by Gasteiger charge is -2.32. The van der Waals surface area contributed by atoms with Gasteiger partial charge in [0.05, 0.1) is 30.0 Å². The first-order valence-corrected chi connectivity index (χ1v) is 6.54. The summed E-state index contributed by atoms with van der Waals surface area (Å²) in [4.78, 5) is 4.00. The molecule has 0 aliphatic carbocycles. The van der Waals surface area contributed by atoms with E-state index >= 15 is 0 Å². The van der Waals surface area contributed by atoms with Crippen LogP contribution in [0.2, 0.25) is 0 Å². The van der Waals surface area contributed by atoms with Crippen LogP contribution in [-0.4, -0.2) is 27.9 Å². The Hall–Kier alpha value is -1.59. The molecule has 110 valence electrons. The molecule has 1 fully saturated rings. The van der Waals surface area contributed by atoms with Gasteiger partial charge in [-0.25, -0.2) is 4.98 Å². The molecule has 1 aliphatic rings. The molecule has 1 aromatic heterocycles. The van der Waals surface area contributed by atoms with Crippen molar-refractivity contribution in [3.05, 3.63) is 42.2 Å². The second kappa shape index (κ2) is 4.72. The number of imidazole rings is 1. The summed E-state index contributed by atoms with van der Waals surface area (Å²) in [5.74, 6) is 0. The van der Waals surface area contributed by atoms with Gasteiger partial charge in [0.15, 0.2) is 0 Å². The molecule has 1 aliphatic heterocycles. The van der Waals surface area contributed by atoms with E-state index in [2.05, 4.69) is 4.98 Å². The Morgan fingerprint density at radius 3 is 2.52 bits per heavy atom. The number of nitrogens with zero attached hydrogens (tertiary/aromatic N) is 2. The molecule has 3 rings (SSSR count). The fourth-order valence-electron chi connectivity index (χ4n) is 1.91. The molecule has 0 amide bonds. The average molecular weight is 293 g/mol. The fourth-order valence-corrected chi connectivity index (χ4v) is 1.91. The van der Waals surface area contributed by atoms with E-state index in [1.54, 1.807) is 27.7 Å². The minimum Gasteiger partial charge on any atom is -0.398 e. The number of para-hydroxylation sites is 1. The fraction of sp³-hybridized carbons (Fsp3) is 0.438. The van der Waals surface area contributed by atoms with Crippen LogP contribution in [0, 0.1) is 6.85 Å². The second-order valence-corrected chi connectivity index (χ2v) is 5.86. The Morgan fingerprint density at radius 1 is 1.19 bits per heavy atom. The van der Waals surface area contributed by atoms with Gasteiger partial charge in [-0.15, -0.1) is 0 Å². The Kier molecular flexibility index (Phi) is 1.60. The van der Waals surface area contributed by atoms with Crippen molar-refractivity contribution in [1.29, 1.82) is 0 Å². The summed E-state index contributed by atoms with van der Waals surface area (Å²) >= 11 is 0. The van der Waals surface area contributed by atoms with E-state index < -0.39 is 73.1 Å². The monoisotopic (exact) mass is 293 g/mol. The minimum absolute atomic E-state index is 0.0810. The van der Waals surface area contributed by atoms with Crippen LogP contribution in [0.25, 0.3) is 5.69 Å². The molecule has 4 nitrogen and oxygen atoms in total. The van der Waals surface area contributed by atoms with Crippen LogP contribution in [0.15, 0.2) is 36.6 Å². The maximum absolute atomic E-state index is 8.51. The molecule has 0 saturated carbocycles. The third-order valence-electron chi connectivity index (χ3n) is 3.86. The number of hydrogen-bond acceptors (Lipinski definition) is 3. The van der Waals surface area contributed by atoms with E-state index in [0.717, 1.165) is 4.57 Å². The topological polar surface area (TPSA) is 36.3 Å². The molecular weight excluding hydrogens is 263 g/mol. The van der Waals surface area contributed by atoms with Crippen LogP contribution in [0.1, 0.15) is 45.6 Å². The van der Waals surface area contributed by atoms with Crippen LogP contribution in [-0.2, 0) is 9.31 Å². The summed E-state index contributed by atoms with van der Waals surface area (Å²) in [6, 6.07) is -2.82. The molecule has 0 radical (unpaired) electrons. The number of rotatable bonds is 2. The Morgan fingerprint density at radius 2 is 1.86 bits per heavy atom. The van der Waals surface area contributed by atoms with E-state index in [0.29, 0.717) is 0 Å². The zero-order chi connectivity index (χ0) is 23.0. The normalized spacial score (nSPS) is 26.7. The zero-order valence-electron chi connectivity index (χ0n) is 21.3. The van der Waals surface area contributed by atoms with Gasteiger partial charge in [0.1, 0.15) is 1.37 Å². The molecule has 5 heteroatoms. The lowest BCUT2D eigenvalue weighted by atomic mass is 9.86. The lowest BCUT2D eigenvalue weighted by Crippen LogP contribution is -2.41. The van der Waals surface area contributed by atoms with Gasteiger partial charge in [-0.1, -0.05) is 18.1 Å².